The van der Waals surface area contributed by atoms with Crippen molar-refractivity contribution in [2.75, 3.05) is 5.75 Å². The van der Waals surface area contributed by atoms with Crippen molar-refractivity contribution in [1.82, 2.24) is 4.98 Å². The molecule has 5 heteroatoms. The van der Waals surface area contributed by atoms with Gasteiger partial charge in [0.1, 0.15) is 11.4 Å². The molecule has 0 saturated heterocycles. The number of nitrogens with zero attached hydrogens (tertiary/aromatic N) is 1. The first-order valence-electron chi connectivity index (χ1n) is 3.68. The Bertz CT molecular complexity index is 376. The molecule has 0 atom stereocenters. The molecule has 0 saturated carbocycles. The van der Waals surface area contributed by atoms with Crippen molar-refractivity contribution in [2.45, 2.75) is 6.18 Å². The van der Waals surface area contributed by atoms with Gasteiger partial charge in [-0.2, -0.15) is 25.8 Å². The molecule has 1 nitrogen and oxygen atoms in total. The molecule has 1 aromatic rings. The van der Waals surface area contributed by atoms with Gasteiger partial charge < -0.3 is 0 Å². The Balaban J connectivity index is 3.02. The molecule has 14 heavy (non-hydrogen) atoms. The third-order valence-electron chi connectivity index (χ3n) is 1.34. The largest absolute Gasteiger partial charge is 0.433 e. The van der Waals surface area contributed by atoms with Crippen LogP contribution in [0.2, 0.25) is 0 Å². The zero-order valence-corrected chi connectivity index (χ0v) is 7.86. The average molecular weight is 217 g/mol. The zero-order chi connectivity index (χ0) is 10.6. The molecule has 0 fully saturated rings. The van der Waals surface area contributed by atoms with Crippen molar-refractivity contribution >= 4 is 12.6 Å². The molecule has 0 radical (unpaired) electrons. The fourth-order valence-electron chi connectivity index (χ4n) is 0.792. The van der Waals surface area contributed by atoms with Crippen LogP contribution in [-0.2, 0) is 6.18 Å². The van der Waals surface area contributed by atoms with Gasteiger partial charge in [0, 0.05) is 0 Å². The van der Waals surface area contributed by atoms with Gasteiger partial charge in [0.05, 0.1) is 5.75 Å². The van der Waals surface area contributed by atoms with E-state index in [1.165, 1.54) is 12.1 Å². The third-order valence-corrected chi connectivity index (χ3v) is 1.49. The van der Waals surface area contributed by atoms with Crippen LogP contribution >= 0.6 is 12.6 Å². The van der Waals surface area contributed by atoms with Gasteiger partial charge in [-0.3, -0.25) is 0 Å². The van der Waals surface area contributed by atoms with Gasteiger partial charge in [0.15, 0.2) is 0 Å². The fraction of sp³-hybridized carbons (Fsp3) is 0.222. The summed E-state index contributed by atoms with van der Waals surface area (Å²) in [7, 11) is 0. The topological polar surface area (TPSA) is 12.9 Å². The summed E-state index contributed by atoms with van der Waals surface area (Å²) >= 11 is 3.81. The van der Waals surface area contributed by atoms with Crippen LogP contribution in [0, 0.1) is 11.8 Å². The minimum atomic E-state index is -4.42. The molecule has 74 valence electrons. The summed E-state index contributed by atoms with van der Waals surface area (Å²) in [6.07, 6.45) is -4.42. The van der Waals surface area contributed by atoms with Crippen molar-refractivity contribution in [2.24, 2.45) is 0 Å². The summed E-state index contributed by atoms with van der Waals surface area (Å²) < 4.78 is 36.5. The number of rotatable bonds is 0. The lowest BCUT2D eigenvalue weighted by molar-refractivity contribution is -0.141. The van der Waals surface area contributed by atoms with Crippen LogP contribution in [-0.4, -0.2) is 10.7 Å². The normalized spacial score (nSPS) is 10.6. The molecule has 0 amide bonds. The minimum absolute atomic E-state index is 0.105. The minimum Gasteiger partial charge on any atom is -0.235 e. The Morgan fingerprint density at radius 1 is 1.36 bits per heavy atom. The SMILES string of the molecule is FC(F)(F)c1cccc(C#CCS)n1. The van der Waals surface area contributed by atoms with E-state index in [0.717, 1.165) is 6.07 Å². The van der Waals surface area contributed by atoms with Crippen LogP contribution in [0.5, 0.6) is 0 Å². The van der Waals surface area contributed by atoms with E-state index >= 15 is 0 Å². The van der Waals surface area contributed by atoms with Crippen LogP contribution in [0.3, 0.4) is 0 Å². The lowest BCUT2D eigenvalue weighted by atomic mass is 10.3. The van der Waals surface area contributed by atoms with Crippen molar-refractivity contribution in [3.63, 3.8) is 0 Å². The Kier molecular flexibility index (Phi) is 3.42. The van der Waals surface area contributed by atoms with Crippen LogP contribution in [0.15, 0.2) is 18.2 Å². The summed E-state index contributed by atoms with van der Waals surface area (Å²) in [5.41, 5.74) is -0.822. The summed E-state index contributed by atoms with van der Waals surface area (Å²) in [5, 5.41) is 0. The highest BCUT2D eigenvalue weighted by Gasteiger charge is 2.32. The summed E-state index contributed by atoms with van der Waals surface area (Å²) in [5.74, 6) is 5.29. The van der Waals surface area contributed by atoms with Crippen LogP contribution in [0.25, 0.3) is 0 Å². The predicted molar refractivity (Wildman–Crippen MR) is 50.0 cm³/mol. The number of halogens is 3. The lowest BCUT2D eigenvalue weighted by Gasteiger charge is -2.04. The molecule has 0 spiro atoms. The molecule has 0 bridgehead atoms. The van der Waals surface area contributed by atoms with Gasteiger partial charge in [-0.1, -0.05) is 12.0 Å². The van der Waals surface area contributed by atoms with Gasteiger partial charge in [0.2, 0.25) is 0 Å². The molecule has 1 rings (SSSR count). The Morgan fingerprint density at radius 2 is 2.07 bits per heavy atom. The molecule has 1 heterocycles. The average Bonchev–Trinajstić information content (AvgIpc) is 2.14. The first kappa shape index (κ1) is 10.9. The number of thiol groups is 1. The second kappa shape index (κ2) is 4.38. The second-order valence-electron chi connectivity index (χ2n) is 2.37. The highest BCUT2D eigenvalue weighted by molar-refractivity contribution is 7.80. The third kappa shape index (κ3) is 2.96. The first-order chi connectivity index (χ1) is 6.54. The van der Waals surface area contributed by atoms with Gasteiger partial charge in [-0.05, 0) is 18.1 Å². The van der Waals surface area contributed by atoms with Gasteiger partial charge in [-0.25, -0.2) is 4.98 Å². The number of hydrogen-bond acceptors (Lipinski definition) is 2. The van der Waals surface area contributed by atoms with Crippen molar-refractivity contribution < 1.29 is 13.2 Å². The van der Waals surface area contributed by atoms with Crippen molar-refractivity contribution in [3.8, 4) is 11.8 Å². The van der Waals surface area contributed by atoms with Gasteiger partial charge in [0.25, 0.3) is 0 Å². The van der Waals surface area contributed by atoms with E-state index in [1.807, 2.05) is 0 Å². The second-order valence-corrected chi connectivity index (χ2v) is 2.68. The van der Waals surface area contributed by atoms with Crippen molar-refractivity contribution in [1.29, 1.82) is 0 Å². The number of aromatic nitrogens is 1. The van der Waals surface area contributed by atoms with E-state index in [2.05, 4.69) is 29.5 Å². The van der Waals surface area contributed by atoms with Crippen LogP contribution in [0.4, 0.5) is 13.2 Å². The molecule has 0 aliphatic rings. The fourth-order valence-corrected chi connectivity index (χ4v) is 0.871. The van der Waals surface area contributed by atoms with E-state index in [4.69, 9.17) is 0 Å². The molecule has 0 aliphatic carbocycles. The number of hydrogen-bond donors (Lipinski definition) is 1. The smallest absolute Gasteiger partial charge is 0.235 e. The predicted octanol–water partition coefficient (Wildman–Crippen LogP) is 2.38. The first-order valence-corrected chi connectivity index (χ1v) is 4.31. The quantitative estimate of drug-likeness (QED) is 0.520. The number of alkyl halides is 3. The molecular formula is C9H6F3NS. The van der Waals surface area contributed by atoms with E-state index in [0.29, 0.717) is 0 Å². The molecule has 1 aromatic heterocycles. The van der Waals surface area contributed by atoms with E-state index in [1.54, 1.807) is 0 Å². The molecule has 0 unspecified atom stereocenters. The summed E-state index contributed by atoms with van der Waals surface area (Å²) in [6, 6.07) is 3.61. The summed E-state index contributed by atoms with van der Waals surface area (Å²) in [4.78, 5) is 3.35. The number of pyridine rings is 1. The maximum atomic E-state index is 12.2. The maximum Gasteiger partial charge on any atom is 0.433 e. The van der Waals surface area contributed by atoms with E-state index in [9.17, 15) is 13.2 Å². The van der Waals surface area contributed by atoms with Crippen molar-refractivity contribution in [3.05, 3.63) is 29.6 Å². The Labute approximate surface area is 84.8 Å². The van der Waals surface area contributed by atoms with E-state index in [-0.39, 0.29) is 11.4 Å². The maximum absolute atomic E-state index is 12.2. The molecule has 0 aliphatic heterocycles. The van der Waals surface area contributed by atoms with Gasteiger partial charge in [-0.15, -0.1) is 0 Å². The summed E-state index contributed by atoms with van der Waals surface area (Å²) in [6.45, 7) is 0. The Morgan fingerprint density at radius 3 is 2.64 bits per heavy atom. The molecule has 0 aromatic carbocycles. The zero-order valence-electron chi connectivity index (χ0n) is 6.97. The van der Waals surface area contributed by atoms with Crippen LogP contribution < -0.4 is 0 Å². The Hall–Kier alpha value is -1.15. The highest BCUT2D eigenvalue weighted by atomic mass is 32.1. The molecular weight excluding hydrogens is 211 g/mol. The lowest BCUT2D eigenvalue weighted by Crippen LogP contribution is -2.08. The monoisotopic (exact) mass is 217 g/mol. The van der Waals surface area contributed by atoms with Crippen LogP contribution in [0.1, 0.15) is 11.4 Å². The standard InChI is InChI=1S/C9H6F3NS/c10-9(11,12)8-5-1-3-7(13-8)4-2-6-14/h1,3,5,14H,6H2. The molecule has 0 N–H and O–H groups in total. The highest BCUT2D eigenvalue weighted by Crippen LogP contribution is 2.27. The van der Waals surface area contributed by atoms with E-state index < -0.39 is 11.9 Å². The van der Waals surface area contributed by atoms with Gasteiger partial charge >= 0.3 is 6.18 Å².